The molecule has 4 aromatic heterocycles. The standard InChI is InChI=1S/C25H36GeN.C23H15N2O.Ir/c1-25(2,3)17-22-16-24(27-18-23(22)26(4,5)6)21-14-10-13-20(15-21)19-11-8-7-9-12-19;1-15-12-13-24-21(14-15)19-9-5-8-17-18-10-11-20(16-6-3-2-4-7-16)25-23(18)26-22(17)19;/h10,13,15-16,18-19H,7-9,11-12,17H2,1-6H3;2-8,10-14H,1H3;/q2*-1;. The average Bonchev–Trinajstić information content (AvgIpc) is 3.53. The fraction of sp³-hybridized carbons (Fsp3) is 0.312. The smallest absolute Gasteiger partial charge is 0.216 e. The van der Waals surface area contributed by atoms with Crippen LogP contribution in [0.1, 0.15) is 75.5 Å². The molecule has 0 atom stereocenters. The molecule has 0 saturated heterocycles. The van der Waals surface area contributed by atoms with E-state index in [1.165, 1.54) is 48.8 Å². The van der Waals surface area contributed by atoms with E-state index in [0.717, 1.165) is 62.5 Å². The number of rotatable bonds is 6. The van der Waals surface area contributed by atoms with Crippen molar-refractivity contribution < 1.29 is 24.5 Å². The number of fused-ring (bicyclic) bond motifs is 3. The minimum atomic E-state index is -1.94. The molecule has 3 aromatic carbocycles. The summed E-state index contributed by atoms with van der Waals surface area (Å²) in [6, 6.07) is 38.0. The van der Waals surface area contributed by atoms with Crippen molar-refractivity contribution in [1.82, 2.24) is 15.0 Å². The summed E-state index contributed by atoms with van der Waals surface area (Å²) in [7, 11) is 0. The number of pyridine rings is 3. The molecule has 4 heterocycles. The maximum absolute atomic E-state index is 6.16. The molecular weight excluding hydrogens is 899 g/mol. The minimum Gasteiger partial charge on any atom is -0.486 e. The molecule has 279 valence electrons. The van der Waals surface area contributed by atoms with Gasteiger partial charge in [-0.15, -0.1) is 18.2 Å². The van der Waals surface area contributed by atoms with E-state index in [4.69, 9.17) is 14.4 Å². The first-order valence-electron chi connectivity index (χ1n) is 19.2. The van der Waals surface area contributed by atoms with E-state index in [-0.39, 0.29) is 25.5 Å². The van der Waals surface area contributed by atoms with Gasteiger partial charge in [0.05, 0.1) is 11.3 Å². The molecule has 6 heteroatoms. The third-order valence-corrected chi connectivity index (χ3v) is 14.6. The number of nitrogens with zero attached hydrogens (tertiary/aromatic N) is 3. The van der Waals surface area contributed by atoms with Crippen LogP contribution in [-0.2, 0) is 26.5 Å². The van der Waals surface area contributed by atoms with Crippen molar-refractivity contribution in [3.05, 3.63) is 132 Å². The molecule has 1 aliphatic carbocycles. The summed E-state index contributed by atoms with van der Waals surface area (Å²) >= 11 is -1.94. The first kappa shape index (κ1) is 39.8. The first-order valence-corrected chi connectivity index (χ1v) is 26.5. The van der Waals surface area contributed by atoms with E-state index in [0.29, 0.717) is 5.71 Å². The Hall–Kier alpha value is -3.90. The predicted octanol–water partition coefficient (Wildman–Crippen LogP) is 12.5. The largest absolute Gasteiger partial charge is 0.486 e. The summed E-state index contributed by atoms with van der Waals surface area (Å²) in [6.45, 7) is 9.06. The Morgan fingerprint density at radius 1 is 0.778 bits per heavy atom. The minimum absolute atomic E-state index is 0. The van der Waals surface area contributed by atoms with E-state index >= 15 is 0 Å². The van der Waals surface area contributed by atoms with Crippen molar-refractivity contribution in [2.75, 3.05) is 0 Å². The van der Waals surface area contributed by atoms with Crippen LogP contribution in [0.4, 0.5) is 0 Å². The van der Waals surface area contributed by atoms with Gasteiger partial charge in [0.2, 0.25) is 5.71 Å². The molecule has 0 amide bonds. The number of aromatic nitrogens is 3. The van der Waals surface area contributed by atoms with Crippen LogP contribution in [0.5, 0.6) is 0 Å². The normalized spacial score (nSPS) is 13.7. The van der Waals surface area contributed by atoms with Gasteiger partial charge in [-0.05, 0) is 30.8 Å². The van der Waals surface area contributed by atoms with E-state index in [1.54, 1.807) is 4.40 Å². The zero-order chi connectivity index (χ0) is 37.2. The number of benzene rings is 3. The molecule has 4 nitrogen and oxygen atoms in total. The molecule has 0 N–H and O–H groups in total. The molecule has 1 aliphatic rings. The molecule has 0 unspecified atom stereocenters. The van der Waals surface area contributed by atoms with Crippen molar-refractivity contribution in [2.45, 2.75) is 89.4 Å². The van der Waals surface area contributed by atoms with Gasteiger partial charge in [0, 0.05) is 37.3 Å². The molecule has 54 heavy (non-hydrogen) atoms. The average molecular weight is 951 g/mol. The number of hydrogen-bond donors (Lipinski definition) is 0. The summed E-state index contributed by atoms with van der Waals surface area (Å²) in [6.07, 6.45) is 11.9. The quantitative estimate of drug-likeness (QED) is 0.123. The number of hydrogen-bond acceptors (Lipinski definition) is 4. The van der Waals surface area contributed by atoms with Crippen molar-refractivity contribution >= 4 is 39.7 Å². The Bertz CT molecular complexity index is 2350. The third kappa shape index (κ3) is 9.30. The van der Waals surface area contributed by atoms with Crippen LogP contribution < -0.4 is 4.40 Å². The summed E-state index contributed by atoms with van der Waals surface area (Å²) < 4.78 is 7.71. The zero-order valence-electron chi connectivity index (χ0n) is 32.7. The van der Waals surface area contributed by atoms with Crippen LogP contribution in [0.15, 0.2) is 108 Å². The van der Waals surface area contributed by atoms with Gasteiger partial charge in [-0.1, -0.05) is 52.9 Å². The number of furan rings is 1. The Morgan fingerprint density at radius 2 is 1.54 bits per heavy atom. The summed E-state index contributed by atoms with van der Waals surface area (Å²) in [5.74, 6) is 8.14. The second kappa shape index (κ2) is 16.9. The van der Waals surface area contributed by atoms with Gasteiger partial charge >= 0.3 is 169 Å². The van der Waals surface area contributed by atoms with E-state index in [2.05, 4.69) is 98.6 Å². The van der Waals surface area contributed by atoms with Crippen LogP contribution in [-0.4, -0.2) is 28.2 Å². The van der Waals surface area contributed by atoms with Gasteiger partial charge in [-0.3, -0.25) is 0 Å². The Balaban J connectivity index is 0.000000181. The van der Waals surface area contributed by atoms with Crippen molar-refractivity contribution in [1.29, 1.82) is 0 Å². The summed E-state index contributed by atoms with van der Waals surface area (Å²) in [4.78, 5) is 14.1. The molecular formula is C48H51GeIrN3O-2. The van der Waals surface area contributed by atoms with Gasteiger partial charge in [0.15, 0.2) is 0 Å². The second-order valence-electron chi connectivity index (χ2n) is 16.9. The third-order valence-electron chi connectivity index (χ3n) is 10.2. The van der Waals surface area contributed by atoms with Crippen LogP contribution in [0, 0.1) is 24.5 Å². The number of aryl methyl sites for hydroxylation is 1. The second-order valence-corrected chi connectivity index (χ2v) is 27.5. The van der Waals surface area contributed by atoms with Crippen LogP contribution in [0.25, 0.3) is 55.8 Å². The molecule has 0 aliphatic heterocycles. The Morgan fingerprint density at radius 3 is 2.26 bits per heavy atom. The Labute approximate surface area is 338 Å². The molecule has 1 fully saturated rings. The SMILES string of the molecule is CC(C)(C)Cc1cc(-c2[c-]ccc(C3CCCCC3)c2)nc[c]1[Ge]([CH3])([CH3])[CH3].Cc1ccnc(-c2[c-]ccc3c2oc2nc(-c4ccccc4)ccc23)c1.[Ir]. The van der Waals surface area contributed by atoms with E-state index in [1.807, 2.05) is 66.9 Å². The fourth-order valence-electron chi connectivity index (χ4n) is 7.61. The van der Waals surface area contributed by atoms with Crippen LogP contribution in [0.3, 0.4) is 0 Å². The molecule has 1 saturated carbocycles. The maximum Gasteiger partial charge on any atom is 0.216 e. The van der Waals surface area contributed by atoms with E-state index < -0.39 is 13.3 Å². The van der Waals surface area contributed by atoms with Crippen molar-refractivity contribution in [3.63, 3.8) is 0 Å². The topological polar surface area (TPSA) is 51.8 Å². The van der Waals surface area contributed by atoms with Gasteiger partial charge < -0.3 is 9.40 Å². The molecule has 7 aromatic rings. The predicted molar refractivity (Wildman–Crippen MR) is 224 cm³/mol. The molecule has 0 spiro atoms. The monoisotopic (exact) mass is 952 g/mol. The van der Waals surface area contributed by atoms with Crippen LogP contribution in [0.2, 0.25) is 17.3 Å². The van der Waals surface area contributed by atoms with Crippen LogP contribution >= 0.6 is 0 Å². The molecule has 1 radical (unpaired) electrons. The molecule has 0 bridgehead atoms. The summed E-state index contributed by atoms with van der Waals surface area (Å²) in [5.41, 5.74) is 11.8. The van der Waals surface area contributed by atoms with Gasteiger partial charge in [-0.25, -0.2) is 4.98 Å². The summed E-state index contributed by atoms with van der Waals surface area (Å²) in [5, 5.41) is 2.03. The van der Waals surface area contributed by atoms with Gasteiger partial charge in [0.1, 0.15) is 0 Å². The molecule has 8 rings (SSSR count). The zero-order valence-corrected chi connectivity index (χ0v) is 37.2. The first-order chi connectivity index (χ1) is 25.4. The van der Waals surface area contributed by atoms with Crippen molar-refractivity contribution in [2.24, 2.45) is 5.41 Å². The van der Waals surface area contributed by atoms with Gasteiger partial charge in [-0.2, -0.15) is 0 Å². The van der Waals surface area contributed by atoms with Crippen molar-refractivity contribution in [3.8, 4) is 33.8 Å². The maximum atomic E-state index is 6.16. The van der Waals surface area contributed by atoms with Gasteiger partial charge in [0.25, 0.3) is 0 Å². The Kier molecular flexibility index (Phi) is 12.4. The van der Waals surface area contributed by atoms with E-state index in [9.17, 15) is 0 Å². The fourth-order valence-corrected chi connectivity index (χ4v) is 10.9.